The zero-order chi connectivity index (χ0) is 18.5. The molecule has 1 aliphatic rings. The molecule has 5 heteroatoms. The highest BCUT2D eigenvalue weighted by molar-refractivity contribution is 6.33. The van der Waals surface area contributed by atoms with Crippen LogP contribution in [-0.2, 0) is 6.54 Å². The molecule has 0 fully saturated rings. The highest BCUT2D eigenvalue weighted by atomic mass is 35.5. The third kappa shape index (κ3) is 4.45. The molecule has 0 saturated heterocycles. The molecule has 1 aliphatic heterocycles. The van der Waals surface area contributed by atoms with E-state index in [9.17, 15) is 4.39 Å². The summed E-state index contributed by atoms with van der Waals surface area (Å²) in [6.45, 7) is 8.79. The van der Waals surface area contributed by atoms with E-state index in [0.717, 1.165) is 31.8 Å². The molecule has 0 bridgehead atoms. The summed E-state index contributed by atoms with van der Waals surface area (Å²) in [5, 5.41) is 2.09. The van der Waals surface area contributed by atoms with Crippen molar-refractivity contribution >= 4 is 17.3 Å². The van der Waals surface area contributed by atoms with Gasteiger partial charge in [-0.15, -0.1) is 0 Å². The van der Waals surface area contributed by atoms with Gasteiger partial charge < -0.3 is 0 Å². The van der Waals surface area contributed by atoms with Crippen molar-refractivity contribution in [3.8, 4) is 0 Å². The molecule has 3 rings (SSSR count). The number of benzene rings is 2. The molecule has 26 heavy (non-hydrogen) atoms. The second-order valence-corrected chi connectivity index (χ2v) is 6.87. The SMILES string of the molecule is C=CN(NC1=C(C)CN(Cc2ccccc2)CC1)c1ccc(F)cc1Cl. The van der Waals surface area contributed by atoms with Crippen LogP contribution < -0.4 is 10.4 Å². The van der Waals surface area contributed by atoms with Crippen molar-refractivity contribution in [1.29, 1.82) is 0 Å². The van der Waals surface area contributed by atoms with Gasteiger partial charge in [-0.1, -0.05) is 48.5 Å². The predicted octanol–water partition coefficient (Wildman–Crippen LogP) is 5.11. The van der Waals surface area contributed by atoms with Gasteiger partial charge in [-0.2, -0.15) is 0 Å². The van der Waals surface area contributed by atoms with Crippen molar-refractivity contribution in [2.24, 2.45) is 0 Å². The lowest BCUT2D eigenvalue weighted by atomic mass is 10.1. The summed E-state index contributed by atoms with van der Waals surface area (Å²) >= 11 is 6.18. The Kier molecular flexibility index (Phi) is 5.96. The van der Waals surface area contributed by atoms with Crippen LogP contribution in [0.25, 0.3) is 0 Å². The van der Waals surface area contributed by atoms with Gasteiger partial charge in [0.2, 0.25) is 0 Å². The number of halogens is 2. The molecular weight excluding hydrogens is 349 g/mol. The first-order chi connectivity index (χ1) is 12.6. The zero-order valence-corrected chi connectivity index (χ0v) is 15.6. The molecular formula is C21H23ClFN3. The summed E-state index contributed by atoms with van der Waals surface area (Å²) in [6.07, 6.45) is 2.55. The van der Waals surface area contributed by atoms with E-state index in [1.807, 2.05) is 6.07 Å². The topological polar surface area (TPSA) is 18.5 Å². The molecule has 0 radical (unpaired) electrons. The minimum absolute atomic E-state index is 0.345. The largest absolute Gasteiger partial charge is 0.298 e. The average Bonchev–Trinajstić information content (AvgIpc) is 2.63. The smallest absolute Gasteiger partial charge is 0.124 e. The van der Waals surface area contributed by atoms with Gasteiger partial charge in [0.05, 0.1) is 10.7 Å². The maximum atomic E-state index is 13.3. The second kappa shape index (κ2) is 8.39. The lowest BCUT2D eigenvalue weighted by Crippen LogP contribution is -2.39. The van der Waals surface area contributed by atoms with Crippen LogP contribution >= 0.6 is 11.6 Å². The quantitative estimate of drug-likeness (QED) is 0.711. The summed E-state index contributed by atoms with van der Waals surface area (Å²) < 4.78 is 13.3. The number of rotatable bonds is 6. The molecule has 0 unspecified atom stereocenters. The van der Waals surface area contributed by atoms with E-state index in [4.69, 9.17) is 11.6 Å². The highest BCUT2D eigenvalue weighted by Crippen LogP contribution is 2.27. The fraction of sp³-hybridized carbons (Fsp3) is 0.238. The molecule has 0 aliphatic carbocycles. The van der Waals surface area contributed by atoms with Crippen molar-refractivity contribution in [2.45, 2.75) is 19.9 Å². The summed E-state index contributed by atoms with van der Waals surface area (Å²) in [5.74, 6) is -0.354. The van der Waals surface area contributed by atoms with Gasteiger partial charge in [-0.25, -0.2) is 4.39 Å². The third-order valence-corrected chi connectivity index (χ3v) is 4.81. The number of anilines is 1. The predicted molar refractivity (Wildman–Crippen MR) is 106 cm³/mol. The van der Waals surface area contributed by atoms with E-state index in [0.29, 0.717) is 10.7 Å². The number of hydrogen-bond donors (Lipinski definition) is 1. The van der Waals surface area contributed by atoms with Crippen LogP contribution in [0.2, 0.25) is 5.02 Å². The number of hydrazine groups is 1. The molecule has 136 valence electrons. The van der Waals surface area contributed by atoms with Crippen molar-refractivity contribution in [3.63, 3.8) is 0 Å². The van der Waals surface area contributed by atoms with E-state index in [1.165, 1.54) is 23.3 Å². The van der Waals surface area contributed by atoms with E-state index in [2.05, 4.69) is 48.1 Å². The molecule has 1 heterocycles. The summed E-state index contributed by atoms with van der Waals surface area (Å²) in [4.78, 5) is 2.43. The maximum absolute atomic E-state index is 13.3. The van der Waals surface area contributed by atoms with Gasteiger partial charge in [0.25, 0.3) is 0 Å². The van der Waals surface area contributed by atoms with Gasteiger partial charge in [0.15, 0.2) is 0 Å². The van der Waals surface area contributed by atoms with Crippen LogP contribution in [0.5, 0.6) is 0 Å². The van der Waals surface area contributed by atoms with Crippen molar-refractivity contribution < 1.29 is 4.39 Å². The van der Waals surface area contributed by atoms with Crippen LogP contribution in [-0.4, -0.2) is 18.0 Å². The second-order valence-electron chi connectivity index (χ2n) is 6.47. The van der Waals surface area contributed by atoms with Crippen LogP contribution in [0.1, 0.15) is 18.9 Å². The first-order valence-corrected chi connectivity index (χ1v) is 9.03. The first kappa shape index (κ1) is 18.5. The Morgan fingerprint density at radius 1 is 1.27 bits per heavy atom. The van der Waals surface area contributed by atoms with Crippen LogP contribution in [0, 0.1) is 5.82 Å². The number of hydrogen-bond acceptors (Lipinski definition) is 3. The Hall–Kier alpha value is -2.30. The van der Waals surface area contributed by atoms with Crippen LogP contribution in [0.15, 0.2) is 72.6 Å². The van der Waals surface area contributed by atoms with E-state index in [-0.39, 0.29) is 5.82 Å². The van der Waals surface area contributed by atoms with Crippen LogP contribution in [0.4, 0.5) is 10.1 Å². The lowest BCUT2D eigenvalue weighted by Gasteiger charge is -2.33. The molecule has 0 amide bonds. The zero-order valence-electron chi connectivity index (χ0n) is 14.9. The van der Waals surface area contributed by atoms with Gasteiger partial charge in [-0.3, -0.25) is 15.3 Å². The Balaban J connectivity index is 1.69. The van der Waals surface area contributed by atoms with Crippen molar-refractivity contribution in [1.82, 2.24) is 10.3 Å². The van der Waals surface area contributed by atoms with Gasteiger partial charge >= 0.3 is 0 Å². The average molecular weight is 372 g/mol. The van der Waals surface area contributed by atoms with E-state index < -0.39 is 0 Å². The standard InChI is InChI=1S/C21H23ClFN3/c1-3-26(21-10-9-18(23)13-19(21)22)24-20-11-12-25(14-16(20)2)15-17-7-5-4-6-8-17/h3-10,13,24H,1,11-12,14-15H2,2H3. The molecule has 2 aromatic rings. The minimum atomic E-state index is -0.354. The van der Waals surface area contributed by atoms with E-state index >= 15 is 0 Å². The Bertz CT molecular complexity index is 804. The normalized spacial score (nSPS) is 15.0. The fourth-order valence-corrected chi connectivity index (χ4v) is 3.41. The maximum Gasteiger partial charge on any atom is 0.124 e. The summed E-state index contributed by atoms with van der Waals surface area (Å²) in [6, 6.07) is 14.8. The van der Waals surface area contributed by atoms with Crippen LogP contribution in [0.3, 0.4) is 0 Å². The van der Waals surface area contributed by atoms with Crippen molar-refractivity contribution in [2.75, 3.05) is 18.1 Å². The molecule has 1 N–H and O–H groups in total. The third-order valence-electron chi connectivity index (χ3n) is 4.51. The lowest BCUT2D eigenvalue weighted by molar-refractivity contribution is 0.273. The molecule has 0 atom stereocenters. The van der Waals surface area contributed by atoms with Gasteiger partial charge in [-0.05, 0) is 36.3 Å². The summed E-state index contributed by atoms with van der Waals surface area (Å²) in [5.41, 5.74) is 7.80. The molecule has 0 saturated carbocycles. The fourth-order valence-electron chi connectivity index (χ4n) is 3.15. The van der Waals surface area contributed by atoms with E-state index in [1.54, 1.807) is 17.3 Å². The number of nitrogens with zero attached hydrogens (tertiary/aromatic N) is 2. The minimum Gasteiger partial charge on any atom is -0.298 e. The van der Waals surface area contributed by atoms with Gasteiger partial charge in [0.1, 0.15) is 5.82 Å². The Morgan fingerprint density at radius 3 is 2.69 bits per heavy atom. The monoisotopic (exact) mass is 371 g/mol. The number of nitrogens with one attached hydrogen (secondary N) is 1. The van der Waals surface area contributed by atoms with Crippen molar-refractivity contribution in [3.05, 3.63) is 89.0 Å². The molecule has 2 aromatic carbocycles. The van der Waals surface area contributed by atoms with Gasteiger partial charge in [0, 0.05) is 38.0 Å². The highest BCUT2D eigenvalue weighted by Gasteiger charge is 2.18. The molecule has 3 nitrogen and oxygen atoms in total. The molecule has 0 spiro atoms. The molecule has 0 aromatic heterocycles. The Morgan fingerprint density at radius 2 is 2.04 bits per heavy atom. The summed E-state index contributed by atoms with van der Waals surface area (Å²) in [7, 11) is 0. The Labute approximate surface area is 159 Å². The first-order valence-electron chi connectivity index (χ1n) is 8.65.